The monoisotopic (exact) mass is 397 g/mol. The fourth-order valence-corrected chi connectivity index (χ4v) is 2.51. The lowest BCUT2D eigenvalue weighted by Gasteiger charge is -2.13. The number of amides is 1. The van der Waals surface area contributed by atoms with Crippen molar-refractivity contribution in [1.82, 2.24) is 0 Å². The third-order valence-electron chi connectivity index (χ3n) is 3.16. The zero-order chi connectivity index (χ0) is 18.4. The molecule has 1 atom stereocenters. The van der Waals surface area contributed by atoms with Gasteiger partial charge in [-0.3, -0.25) is 4.79 Å². The van der Waals surface area contributed by atoms with Crippen molar-refractivity contribution in [2.45, 2.75) is 13.0 Å². The lowest BCUT2D eigenvalue weighted by molar-refractivity contribution is -0.148. The molecule has 2 aromatic carbocycles. The third-order valence-corrected chi connectivity index (χ3v) is 4.05. The van der Waals surface area contributed by atoms with Crippen LogP contribution in [0.1, 0.15) is 12.5 Å². The molecule has 0 heterocycles. The van der Waals surface area contributed by atoms with E-state index in [1.54, 1.807) is 42.5 Å². The minimum absolute atomic E-state index is 0.395. The topological polar surface area (TPSA) is 55.4 Å². The molecule has 4 nitrogen and oxygen atoms in total. The second kappa shape index (κ2) is 8.90. The third kappa shape index (κ3) is 5.78. The average Bonchev–Trinajstić information content (AvgIpc) is 2.56. The van der Waals surface area contributed by atoms with E-state index < -0.39 is 18.0 Å². The Balaban J connectivity index is 1.94. The fraction of sp³-hybridized carbons (Fsp3) is 0.111. The van der Waals surface area contributed by atoms with Crippen LogP contribution in [0.4, 0.5) is 5.69 Å². The number of ether oxygens (including phenoxy) is 1. The van der Waals surface area contributed by atoms with E-state index in [-0.39, 0.29) is 0 Å². The molecule has 2 aromatic rings. The number of nitrogens with one attached hydrogen (secondary N) is 1. The maximum Gasteiger partial charge on any atom is 0.331 e. The standard InChI is InChI=1S/C18H14Cl3NO3/c1-11(18(24)22-16-5-3-2-4-14(16)20)25-17(23)9-7-12-6-8-13(19)10-15(12)21/h2-11H,1H3,(H,22,24)/b9-7+/t11-/m1/s1. The maximum atomic E-state index is 12.1. The molecule has 25 heavy (non-hydrogen) atoms. The first kappa shape index (κ1) is 19.3. The van der Waals surface area contributed by atoms with Crippen molar-refractivity contribution in [2.24, 2.45) is 0 Å². The molecule has 0 unspecified atom stereocenters. The van der Waals surface area contributed by atoms with Gasteiger partial charge < -0.3 is 10.1 Å². The van der Waals surface area contributed by atoms with Gasteiger partial charge in [-0.25, -0.2) is 4.79 Å². The number of carbonyl (C=O) groups excluding carboxylic acids is 2. The molecule has 0 saturated heterocycles. The van der Waals surface area contributed by atoms with E-state index in [0.717, 1.165) is 0 Å². The van der Waals surface area contributed by atoms with Crippen molar-refractivity contribution in [3.8, 4) is 0 Å². The first-order valence-corrected chi connectivity index (χ1v) is 8.39. The van der Waals surface area contributed by atoms with E-state index in [2.05, 4.69) is 5.32 Å². The largest absolute Gasteiger partial charge is 0.449 e. The summed E-state index contributed by atoms with van der Waals surface area (Å²) in [6.45, 7) is 1.47. The zero-order valence-electron chi connectivity index (χ0n) is 13.1. The number of halogens is 3. The summed E-state index contributed by atoms with van der Waals surface area (Å²) >= 11 is 17.8. The number of para-hydroxylation sites is 1. The molecule has 0 saturated carbocycles. The van der Waals surface area contributed by atoms with Gasteiger partial charge >= 0.3 is 5.97 Å². The van der Waals surface area contributed by atoms with Crippen LogP contribution in [0.5, 0.6) is 0 Å². The normalized spacial score (nSPS) is 12.0. The Kier molecular flexibility index (Phi) is 6.88. The van der Waals surface area contributed by atoms with E-state index in [4.69, 9.17) is 39.5 Å². The summed E-state index contributed by atoms with van der Waals surface area (Å²) in [6, 6.07) is 11.7. The highest BCUT2D eigenvalue weighted by Crippen LogP contribution is 2.22. The summed E-state index contributed by atoms with van der Waals surface area (Å²) in [7, 11) is 0. The van der Waals surface area contributed by atoms with Crippen molar-refractivity contribution >= 4 is 58.4 Å². The number of hydrogen-bond acceptors (Lipinski definition) is 3. The minimum atomic E-state index is -0.992. The Hall–Kier alpha value is -2.01. The highest BCUT2D eigenvalue weighted by Gasteiger charge is 2.17. The first-order chi connectivity index (χ1) is 11.9. The van der Waals surface area contributed by atoms with Gasteiger partial charge in [-0.1, -0.05) is 53.0 Å². The van der Waals surface area contributed by atoms with E-state index in [0.29, 0.717) is 26.3 Å². The summed E-state index contributed by atoms with van der Waals surface area (Å²) in [5.74, 6) is -1.16. The van der Waals surface area contributed by atoms with Crippen LogP contribution in [-0.2, 0) is 14.3 Å². The van der Waals surface area contributed by atoms with Crippen LogP contribution in [0.25, 0.3) is 6.08 Å². The van der Waals surface area contributed by atoms with Gasteiger partial charge in [0.2, 0.25) is 0 Å². The summed E-state index contributed by atoms with van der Waals surface area (Å²) in [5, 5.41) is 3.89. The van der Waals surface area contributed by atoms with Crippen molar-refractivity contribution in [2.75, 3.05) is 5.32 Å². The smallest absolute Gasteiger partial charge is 0.331 e. The van der Waals surface area contributed by atoms with Crippen LogP contribution in [0, 0.1) is 0 Å². The van der Waals surface area contributed by atoms with Gasteiger partial charge in [0.15, 0.2) is 6.10 Å². The van der Waals surface area contributed by atoms with Crippen molar-refractivity contribution in [3.63, 3.8) is 0 Å². The van der Waals surface area contributed by atoms with Crippen LogP contribution in [0.15, 0.2) is 48.5 Å². The average molecular weight is 399 g/mol. The maximum absolute atomic E-state index is 12.1. The van der Waals surface area contributed by atoms with Gasteiger partial charge in [-0.15, -0.1) is 0 Å². The minimum Gasteiger partial charge on any atom is -0.449 e. The van der Waals surface area contributed by atoms with Crippen molar-refractivity contribution in [3.05, 3.63) is 69.2 Å². The molecule has 7 heteroatoms. The van der Waals surface area contributed by atoms with Crippen LogP contribution in [0.3, 0.4) is 0 Å². The molecule has 130 valence electrons. The van der Waals surface area contributed by atoms with Crippen molar-refractivity contribution in [1.29, 1.82) is 0 Å². The van der Waals surface area contributed by atoms with E-state index in [9.17, 15) is 9.59 Å². The molecule has 0 aromatic heterocycles. The number of carbonyl (C=O) groups is 2. The van der Waals surface area contributed by atoms with Crippen LogP contribution >= 0.6 is 34.8 Å². The lowest BCUT2D eigenvalue weighted by atomic mass is 10.2. The Bertz CT molecular complexity index is 821. The zero-order valence-corrected chi connectivity index (χ0v) is 15.4. The quantitative estimate of drug-likeness (QED) is 0.554. The second-order valence-corrected chi connectivity index (χ2v) is 6.30. The number of anilines is 1. The van der Waals surface area contributed by atoms with Gasteiger partial charge in [0.05, 0.1) is 10.7 Å². The van der Waals surface area contributed by atoms with Crippen molar-refractivity contribution < 1.29 is 14.3 Å². The summed E-state index contributed by atoms with van der Waals surface area (Å²) < 4.78 is 5.06. The Morgan fingerprint density at radius 2 is 1.80 bits per heavy atom. The van der Waals surface area contributed by atoms with E-state index in [1.165, 1.54) is 19.1 Å². The first-order valence-electron chi connectivity index (χ1n) is 7.26. The highest BCUT2D eigenvalue weighted by atomic mass is 35.5. The summed E-state index contributed by atoms with van der Waals surface area (Å²) in [6.07, 6.45) is 1.68. The van der Waals surface area contributed by atoms with Crippen LogP contribution in [0.2, 0.25) is 15.1 Å². The molecule has 0 spiro atoms. The number of rotatable bonds is 5. The van der Waals surface area contributed by atoms with Crippen LogP contribution < -0.4 is 5.32 Å². The van der Waals surface area contributed by atoms with E-state index >= 15 is 0 Å². The SMILES string of the molecule is C[C@@H](OC(=O)/C=C/c1ccc(Cl)cc1Cl)C(=O)Nc1ccccc1Cl. The number of benzene rings is 2. The Morgan fingerprint density at radius 1 is 1.08 bits per heavy atom. The fourth-order valence-electron chi connectivity index (χ4n) is 1.86. The molecule has 0 aliphatic rings. The molecule has 0 radical (unpaired) electrons. The van der Waals surface area contributed by atoms with Gasteiger partial charge in [-0.2, -0.15) is 0 Å². The van der Waals surface area contributed by atoms with Crippen LogP contribution in [-0.4, -0.2) is 18.0 Å². The molecule has 1 amide bonds. The molecule has 1 N–H and O–H groups in total. The van der Waals surface area contributed by atoms with Gasteiger partial charge in [-0.05, 0) is 42.8 Å². The van der Waals surface area contributed by atoms with Gasteiger partial charge in [0.1, 0.15) is 0 Å². The molecular formula is C18H14Cl3NO3. The highest BCUT2D eigenvalue weighted by molar-refractivity contribution is 6.35. The molecule has 0 aliphatic heterocycles. The molecule has 0 bridgehead atoms. The molecule has 0 aliphatic carbocycles. The summed E-state index contributed by atoms with van der Waals surface area (Å²) in [5.41, 5.74) is 1.05. The molecule has 2 rings (SSSR count). The Labute approximate surface area is 160 Å². The van der Waals surface area contributed by atoms with Gasteiger partial charge in [0, 0.05) is 16.1 Å². The van der Waals surface area contributed by atoms with E-state index in [1.807, 2.05) is 0 Å². The summed E-state index contributed by atoms with van der Waals surface area (Å²) in [4.78, 5) is 23.9. The predicted molar refractivity (Wildman–Crippen MR) is 101 cm³/mol. The number of esters is 1. The molecular weight excluding hydrogens is 385 g/mol. The lowest BCUT2D eigenvalue weighted by Crippen LogP contribution is -2.29. The van der Waals surface area contributed by atoms with Gasteiger partial charge in [0.25, 0.3) is 5.91 Å². The number of hydrogen-bond donors (Lipinski definition) is 1. The Morgan fingerprint density at radius 3 is 2.48 bits per heavy atom. The second-order valence-electron chi connectivity index (χ2n) is 5.05. The molecule has 0 fully saturated rings. The predicted octanol–water partition coefficient (Wildman–Crippen LogP) is 5.23.